The van der Waals surface area contributed by atoms with Crippen molar-refractivity contribution >= 4 is 21.9 Å². The third-order valence-corrected chi connectivity index (χ3v) is 3.41. The number of benzene rings is 1. The summed E-state index contributed by atoms with van der Waals surface area (Å²) in [4.78, 5) is 12.9. The van der Waals surface area contributed by atoms with E-state index in [1.807, 2.05) is 11.0 Å². The molecule has 0 saturated carbocycles. The molecule has 1 fully saturated rings. The van der Waals surface area contributed by atoms with E-state index in [0.717, 1.165) is 18.5 Å². The summed E-state index contributed by atoms with van der Waals surface area (Å²) in [5, 5.41) is 9.05. The van der Waals surface area contributed by atoms with E-state index in [0.29, 0.717) is 17.4 Å². The minimum atomic E-state index is -0.794. The molecule has 0 aromatic heterocycles. The van der Waals surface area contributed by atoms with Gasteiger partial charge in [-0.05, 0) is 43.1 Å². The molecule has 1 aromatic carbocycles. The number of carboxylic acids is 1. The first kappa shape index (κ1) is 12.5. The average molecular weight is 302 g/mol. The molecule has 0 radical (unpaired) electrons. The van der Waals surface area contributed by atoms with Crippen LogP contribution in [0.3, 0.4) is 0 Å². The summed E-state index contributed by atoms with van der Waals surface area (Å²) in [7, 11) is 0. The molecule has 1 N–H and O–H groups in total. The minimum Gasteiger partial charge on any atom is -0.480 e. The molecule has 1 aromatic rings. The molecular weight excluding hydrogens is 289 g/mol. The van der Waals surface area contributed by atoms with E-state index >= 15 is 0 Å². The van der Waals surface area contributed by atoms with Crippen LogP contribution in [0.4, 0.5) is 4.39 Å². The van der Waals surface area contributed by atoms with Gasteiger partial charge in [0.2, 0.25) is 0 Å². The van der Waals surface area contributed by atoms with Crippen LogP contribution in [0.5, 0.6) is 0 Å². The Morgan fingerprint density at radius 3 is 2.94 bits per heavy atom. The lowest BCUT2D eigenvalue weighted by atomic mass is 10.2. The van der Waals surface area contributed by atoms with Gasteiger partial charge in [0, 0.05) is 11.0 Å². The number of likely N-dealkylation sites (tertiary alicyclic amines) is 1. The number of hydrogen-bond acceptors (Lipinski definition) is 2. The highest BCUT2D eigenvalue weighted by atomic mass is 79.9. The zero-order chi connectivity index (χ0) is 12.4. The van der Waals surface area contributed by atoms with Crippen LogP contribution in [-0.2, 0) is 11.3 Å². The highest BCUT2D eigenvalue weighted by molar-refractivity contribution is 9.10. The Balaban J connectivity index is 2.12. The highest BCUT2D eigenvalue weighted by Gasteiger charge is 2.30. The Bertz CT molecular complexity index is 418. The summed E-state index contributed by atoms with van der Waals surface area (Å²) in [6, 6.07) is 4.22. The predicted molar refractivity (Wildman–Crippen MR) is 65.2 cm³/mol. The molecule has 0 spiro atoms. The molecule has 0 amide bonds. The zero-order valence-corrected chi connectivity index (χ0v) is 10.8. The third kappa shape index (κ3) is 3.04. The van der Waals surface area contributed by atoms with Crippen molar-refractivity contribution in [3.8, 4) is 0 Å². The summed E-state index contributed by atoms with van der Waals surface area (Å²) in [6.07, 6.45) is 1.55. The maximum atomic E-state index is 13.2. The lowest BCUT2D eigenvalue weighted by molar-refractivity contribution is -0.142. The number of carbonyl (C=O) groups is 1. The van der Waals surface area contributed by atoms with Gasteiger partial charge in [-0.1, -0.05) is 15.9 Å². The van der Waals surface area contributed by atoms with Crippen molar-refractivity contribution in [1.29, 1.82) is 0 Å². The Labute approximate surface area is 107 Å². The smallest absolute Gasteiger partial charge is 0.320 e. The van der Waals surface area contributed by atoms with Gasteiger partial charge in [-0.3, -0.25) is 9.69 Å². The number of carboxylic acid groups (broad SMARTS) is 1. The fourth-order valence-electron chi connectivity index (χ4n) is 2.23. The lowest BCUT2D eigenvalue weighted by Gasteiger charge is -2.21. The maximum Gasteiger partial charge on any atom is 0.320 e. The van der Waals surface area contributed by atoms with Crippen molar-refractivity contribution in [1.82, 2.24) is 4.90 Å². The fourth-order valence-corrected chi connectivity index (χ4v) is 2.74. The molecule has 1 atom stereocenters. The standard InChI is InChI=1S/C12H13BrFNO2/c13-9-4-8(5-10(14)6-9)7-15-3-1-2-11(15)12(16)17/h4-6,11H,1-3,7H2,(H,16,17)/t11-/m1/s1. The Morgan fingerprint density at radius 1 is 1.53 bits per heavy atom. The van der Waals surface area contributed by atoms with Crippen LogP contribution in [0.2, 0.25) is 0 Å². The van der Waals surface area contributed by atoms with Gasteiger partial charge in [-0.2, -0.15) is 0 Å². The molecule has 92 valence electrons. The molecule has 0 bridgehead atoms. The molecule has 1 saturated heterocycles. The van der Waals surface area contributed by atoms with Crippen molar-refractivity contribution < 1.29 is 14.3 Å². The number of nitrogens with zero attached hydrogens (tertiary/aromatic N) is 1. The molecule has 3 nitrogen and oxygen atoms in total. The van der Waals surface area contributed by atoms with Gasteiger partial charge in [0.15, 0.2) is 0 Å². The van der Waals surface area contributed by atoms with Gasteiger partial charge in [0.05, 0.1) is 0 Å². The first-order chi connectivity index (χ1) is 8.06. The fraction of sp³-hybridized carbons (Fsp3) is 0.417. The quantitative estimate of drug-likeness (QED) is 0.933. The molecule has 1 heterocycles. The van der Waals surface area contributed by atoms with Gasteiger partial charge < -0.3 is 5.11 Å². The molecular formula is C12H13BrFNO2. The van der Waals surface area contributed by atoms with Gasteiger partial charge in [0.25, 0.3) is 0 Å². The zero-order valence-electron chi connectivity index (χ0n) is 9.20. The van der Waals surface area contributed by atoms with Crippen molar-refractivity contribution in [3.63, 3.8) is 0 Å². The average Bonchev–Trinajstić information content (AvgIpc) is 2.63. The van der Waals surface area contributed by atoms with E-state index in [9.17, 15) is 9.18 Å². The van der Waals surface area contributed by atoms with Crippen LogP contribution in [0, 0.1) is 5.82 Å². The Morgan fingerprint density at radius 2 is 2.29 bits per heavy atom. The number of hydrogen-bond donors (Lipinski definition) is 1. The highest BCUT2D eigenvalue weighted by Crippen LogP contribution is 2.22. The van der Waals surface area contributed by atoms with Crippen LogP contribution >= 0.6 is 15.9 Å². The van der Waals surface area contributed by atoms with Crippen molar-refractivity contribution in [2.45, 2.75) is 25.4 Å². The largest absolute Gasteiger partial charge is 0.480 e. The topological polar surface area (TPSA) is 40.5 Å². The van der Waals surface area contributed by atoms with Crippen molar-refractivity contribution in [2.24, 2.45) is 0 Å². The molecule has 0 aliphatic carbocycles. The molecule has 17 heavy (non-hydrogen) atoms. The number of halogens is 2. The van der Waals surface area contributed by atoms with E-state index in [2.05, 4.69) is 15.9 Å². The van der Waals surface area contributed by atoms with E-state index in [1.165, 1.54) is 12.1 Å². The van der Waals surface area contributed by atoms with E-state index < -0.39 is 12.0 Å². The van der Waals surface area contributed by atoms with Crippen LogP contribution in [0.1, 0.15) is 18.4 Å². The second-order valence-electron chi connectivity index (χ2n) is 4.24. The number of aliphatic carboxylic acids is 1. The summed E-state index contributed by atoms with van der Waals surface area (Å²) in [5.74, 6) is -1.10. The molecule has 5 heteroatoms. The normalized spacial score (nSPS) is 20.7. The summed E-state index contributed by atoms with van der Waals surface area (Å²) in [5.41, 5.74) is 0.796. The lowest BCUT2D eigenvalue weighted by Crippen LogP contribution is -2.35. The summed E-state index contributed by atoms with van der Waals surface area (Å²) in [6.45, 7) is 1.23. The SMILES string of the molecule is O=C(O)[C@H]1CCCN1Cc1cc(F)cc(Br)c1. The van der Waals surface area contributed by atoms with E-state index in [1.54, 1.807) is 0 Å². The van der Waals surface area contributed by atoms with E-state index in [-0.39, 0.29) is 5.82 Å². The second kappa shape index (κ2) is 5.14. The monoisotopic (exact) mass is 301 g/mol. The first-order valence-electron chi connectivity index (χ1n) is 5.48. The minimum absolute atomic E-state index is 0.305. The van der Waals surface area contributed by atoms with Gasteiger partial charge >= 0.3 is 5.97 Å². The number of rotatable bonds is 3. The molecule has 1 aliphatic rings. The third-order valence-electron chi connectivity index (χ3n) is 2.96. The maximum absolute atomic E-state index is 13.2. The summed E-state index contributed by atoms with van der Waals surface area (Å²) >= 11 is 3.23. The van der Waals surface area contributed by atoms with Crippen LogP contribution in [0.15, 0.2) is 22.7 Å². The van der Waals surface area contributed by atoms with E-state index in [4.69, 9.17) is 5.11 Å². The van der Waals surface area contributed by atoms with Gasteiger partial charge in [0.1, 0.15) is 11.9 Å². The molecule has 0 unspecified atom stereocenters. The van der Waals surface area contributed by atoms with Crippen molar-refractivity contribution in [2.75, 3.05) is 6.54 Å². The molecule has 2 rings (SSSR count). The van der Waals surface area contributed by atoms with Gasteiger partial charge in [-0.15, -0.1) is 0 Å². The van der Waals surface area contributed by atoms with Crippen LogP contribution in [0.25, 0.3) is 0 Å². The summed E-state index contributed by atoms with van der Waals surface area (Å²) < 4.78 is 13.9. The van der Waals surface area contributed by atoms with Gasteiger partial charge in [-0.25, -0.2) is 4.39 Å². The predicted octanol–water partition coefficient (Wildman–Crippen LogP) is 2.64. The Hall–Kier alpha value is -0.940. The van der Waals surface area contributed by atoms with Crippen LogP contribution in [-0.4, -0.2) is 28.6 Å². The second-order valence-corrected chi connectivity index (χ2v) is 5.16. The molecule has 1 aliphatic heterocycles. The van der Waals surface area contributed by atoms with Crippen molar-refractivity contribution in [3.05, 3.63) is 34.1 Å². The van der Waals surface area contributed by atoms with Crippen LogP contribution < -0.4 is 0 Å². The Kier molecular flexibility index (Phi) is 3.79. The first-order valence-corrected chi connectivity index (χ1v) is 6.27.